The third-order valence-electron chi connectivity index (χ3n) is 4.34. The molecule has 0 bridgehead atoms. The normalized spacial score (nSPS) is 15.4. The van der Waals surface area contributed by atoms with Crippen molar-refractivity contribution in [3.63, 3.8) is 0 Å². The zero-order chi connectivity index (χ0) is 20.6. The van der Waals surface area contributed by atoms with E-state index in [2.05, 4.69) is 15.2 Å². The van der Waals surface area contributed by atoms with E-state index in [0.29, 0.717) is 58.0 Å². The van der Waals surface area contributed by atoms with Gasteiger partial charge in [0.05, 0.1) is 12.8 Å². The van der Waals surface area contributed by atoms with Crippen molar-refractivity contribution in [3.05, 3.63) is 24.2 Å². The summed E-state index contributed by atoms with van der Waals surface area (Å²) in [5.41, 5.74) is 0. The van der Waals surface area contributed by atoms with E-state index >= 15 is 0 Å². The van der Waals surface area contributed by atoms with Crippen LogP contribution < -0.4 is 5.32 Å². The van der Waals surface area contributed by atoms with Gasteiger partial charge in [0, 0.05) is 39.3 Å². The minimum absolute atomic E-state index is 0. The summed E-state index contributed by atoms with van der Waals surface area (Å²) in [6.07, 6.45) is -2.16. The van der Waals surface area contributed by atoms with Gasteiger partial charge in [0.15, 0.2) is 11.7 Å². The summed E-state index contributed by atoms with van der Waals surface area (Å²) in [4.78, 5) is 21.9. The number of halogens is 4. The lowest BCUT2D eigenvalue weighted by Gasteiger charge is -2.36. The monoisotopic (exact) mass is 531 g/mol. The van der Waals surface area contributed by atoms with E-state index in [4.69, 9.17) is 4.42 Å². The molecular formula is C18H29F3IN5O2. The molecule has 2 rings (SSSR count). The second-order valence-electron chi connectivity index (χ2n) is 6.70. The summed E-state index contributed by atoms with van der Waals surface area (Å²) in [6, 6.07) is 3.33. The Morgan fingerprint density at radius 3 is 2.48 bits per heavy atom. The molecule has 1 saturated heterocycles. The summed E-state index contributed by atoms with van der Waals surface area (Å²) < 4.78 is 42.2. The highest BCUT2D eigenvalue weighted by atomic mass is 127. The number of guanidine groups is 1. The Labute approximate surface area is 186 Å². The van der Waals surface area contributed by atoms with Gasteiger partial charge in [-0.05, 0) is 39.1 Å². The SMILES string of the molecule is CCNC(=NCCCN(C)CC(F)(F)F)N1CCN(C(=O)c2ccco2)CC1.I. The Hall–Kier alpha value is -1.50. The molecule has 1 fully saturated rings. The Balaban J connectivity index is 0.00000420. The number of furan rings is 1. The fraction of sp³-hybridized carbons (Fsp3) is 0.667. The third-order valence-corrected chi connectivity index (χ3v) is 4.34. The van der Waals surface area contributed by atoms with Crippen molar-refractivity contribution in [2.75, 3.05) is 59.4 Å². The maximum Gasteiger partial charge on any atom is 0.401 e. The minimum Gasteiger partial charge on any atom is -0.459 e. The second-order valence-corrected chi connectivity index (χ2v) is 6.70. The second kappa shape index (κ2) is 12.3. The molecule has 7 nitrogen and oxygen atoms in total. The maximum absolute atomic E-state index is 12.3. The molecule has 1 aromatic rings. The first kappa shape index (κ1) is 25.5. The predicted octanol–water partition coefficient (Wildman–Crippen LogP) is 2.51. The number of aliphatic imine (C=N–C) groups is 1. The quantitative estimate of drug-likeness (QED) is 0.254. The van der Waals surface area contributed by atoms with Gasteiger partial charge in [-0.3, -0.25) is 14.7 Å². The summed E-state index contributed by atoms with van der Waals surface area (Å²) in [6.45, 7) is 4.88. The fourth-order valence-electron chi connectivity index (χ4n) is 3.01. The molecule has 0 aromatic carbocycles. The molecule has 1 amide bonds. The predicted molar refractivity (Wildman–Crippen MR) is 116 cm³/mol. The highest BCUT2D eigenvalue weighted by Gasteiger charge is 2.29. The van der Waals surface area contributed by atoms with Crippen molar-refractivity contribution in [3.8, 4) is 0 Å². The molecule has 1 N–H and O–H groups in total. The van der Waals surface area contributed by atoms with Crippen LogP contribution in [0.3, 0.4) is 0 Å². The van der Waals surface area contributed by atoms with Crippen molar-refractivity contribution < 1.29 is 22.4 Å². The molecule has 0 aliphatic carbocycles. The number of rotatable bonds is 7. The van der Waals surface area contributed by atoms with Crippen molar-refractivity contribution in [1.29, 1.82) is 0 Å². The molecule has 0 unspecified atom stereocenters. The third kappa shape index (κ3) is 8.81. The molecule has 0 atom stereocenters. The van der Waals surface area contributed by atoms with Crippen LogP contribution in [0.25, 0.3) is 0 Å². The largest absolute Gasteiger partial charge is 0.459 e. The molecule has 11 heteroatoms. The van der Waals surface area contributed by atoms with E-state index < -0.39 is 12.7 Å². The van der Waals surface area contributed by atoms with E-state index in [1.165, 1.54) is 18.2 Å². The van der Waals surface area contributed by atoms with Crippen LogP contribution in [-0.4, -0.2) is 92.1 Å². The summed E-state index contributed by atoms with van der Waals surface area (Å²) in [7, 11) is 1.46. The molecule has 0 spiro atoms. The maximum atomic E-state index is 12.3. The first-order valence-electron chi connectivity index (χ1n) is 9.41. The number of amides is 1. The van der Waals surface area contributed by atoms with E-state index in [9.17, 15) is 18.0 Å². The average molecular weight is 531 g/mol. The lowest BCUT2D eigenvalue weighted by molar-refractivity contribution is -0.143. The molecule has 0 radical (unpaired) electrons. The molecule has 1 aliphatic heterocycles. The van der Waals surface area contributed by atoms with Gasteiger partial charge in [-0.15, -0.1) is 24.0 Å². The number of piperazine rings is 1. The topological polar surface area (TPSA) is 64.3 Å². The van der Waals surface area contributed by atoms with Crippen LogP contribution in [0.5, 0.6) is 0 Å². The molecular weight excluding hydrogens is 502 g/mol. The Morgan fingerprint density at radius 1 is 1.28 bits per heavy atom. The van der Waals surface area contributed by atoms with Crippen molar-refractivity contribution in [2.24, 2.45) is 4.99 Å². The van der Waals surface area contributed by atoms with Crippen LogP contribution in [0.15, 0.2) is 27.8 Å². The van der Waals surface area contributed by atoms with Crippen LogP contribution in [0.1, 0.15) is 23.9 Å². The molecule has 29 heavy (non-hydrogen) atoms. The van der Waals surface area contributed by atoms with E-state index in [1.807, 2.05) is 6.92 Å². The number of hydrogen-bond acceptors (Lipinski definition) is 4. The number of alkyl halides is 3. The molecule has 0 saturated carbocycles. The van der Waals surface area contributed by atoms with Crippen molar-refractivity contribution >= 4 is 35.8 Å². The van der Waals surface area contributed by atoms with Gasteiger partial charge >= 0.3 is 6.18 Å². The van der Waals surface area contributed by atoms with Crippen LogP contribution in [-0.2, 0) is 0 Å². The van der Waals surface area contributed by atoms with Crippen LogP contribution in [0, 0.1) is 0 Å². The first-order valence-corrected chi connectivity index (χ1v) is 9.41. The average Bonchev–Trinajstić information content (AvgIpc) is 3.17. The van der Waals surface area contributed by atoms with Gasteiger partial charge in [-0.25, -0.2) is 0 Å². The number of carbonyl (C=O) groups excluding carboxylic acids is 1. The Kier molecular flexibility index (Phi) is 10.8. The summed E-state index contributed by atoms with van der Waals surface area (Å²) in [5, 5.41) is 3.21. The van der Waals surface area contributed by atoms with E-state index in [-0.39, 0.29) is 29.9 Å². The molecule has 2 heterocycles. The van der Waals surface area contributed by atoms with Gasteiger partial charge in [0.25, 0.3) is 5.91 Å². The standard InChI is InChI=1S/C18H28F3N5O2.HI/c1-3-22-17(23-7-5-8-24(2)14-18(19,20)21)26-11-9-25(10-12-26)16(27)15-6-4-13-28-15;/h4,6,13H,3,5,7-12,14H2,1-2H3,(H,22,23);1H. The van der Waals surface area contributed by atoms with Crippen LogP contribution in [0.4, 0.5) is 13.2 Å². The van der Waals surface area contributed by atoms with Crippen molar-refractivity contribution in [2.45, 2.75) is 19.5 Å². The number of nitrogens with one attached hydrogen (secondary N) is 1. The van der Waals surface area contributed by atoms with Crippen molar-refractivity contribution in [1.82, 2.24) is 20.0 Å². The highest BCUT2D eigenvalue weighted by molar-refractivity contribution is 14.0. The van der Waals surface area contributed by atoms with Crippen LogP contribution >= 0.6 is 24.0 Å². The minimum atomic E-state index is -4.18. The summed E-state index contributed by atoms with van der Waals surface area (Å²) in [5.74, 6) is 0.933. The highest BCUT2D eigenvalue weighted by Crippen LogP contribution is 2.15. The molecule has 1 aliphatic rings. The lowest BCUT2D eigenvalue weighted by Crippen LogP contribution is -2.53. The Bertz CT molecular complexity index is 632. The number of hydrogen-bond donors (Lipinski definition) is 1. The molecule has 1 aromatic heterocycles. The lowest BCUT2D eigenvalue weighted by atomic mass is 10.3. The zero-order valence-electron chi connectivity index (χ0n) is 16.7. The zero-order valence-corrected chi connectivity index (χ0v) is 19.1. The first-order chi connectivity index (χ1) is 13.3. The van der Waals surface area contributed by atoms with Gasteiger partial charge < -0.3 is 19.5 Å². The van der Waals surface area contributed by atoms with Crippen LogP contribution in [0.2, 0.25) is 0 Å². The van der Waals surface area contributed by atoms with E-state index in [0.717, 1.165) is 5.96 Å². The summed E-state index contributed by atoms with van der Waals surface area (Å²) >= 11 is 0. The number of nitrogens with zero attached hydrogens (tertiary/aromatic N) is 4. The smallest absolute Gasteiger partial charge is 0.401 e. The van der Waals surface area contributed by atoms with Gasteiger partial charge in [0.2, 0.25) is 0 Å². The van der Waals surface area contributed by atoms with Gasteiger partial charge in [0.1, 0.15) is 0 Å². The Morgan fingerprint density at radius 2 is 1.93 bits per heavy atom. The van der Waals surface area contributed by atoms with Gasteiger partial charge in [-0.1, -0.05) is 0 Å². The van der Waals surface area contributed by atoms with E-state index in [1.54, 1.807) is 17.0 Å². The number of carbonyl (C=O) groups is 1. The fourth-order valence-corrected chi connectivity index (χ4v) is 3.01. The molecule has 166 valence electrons. The van der Waals surface area contributed by atoms with Gasteiger partial charge in [-0.2, -0.15) is 13.2 Å².